The summed E-state index contributed by atoms with van der Waals surface area (Å²) in [6, 6.07) is 6.84. The normalized spacial score (nSPS) is 12.3. The molecule has 0 aliphatic heterocycles. The predicted octanol–water partition coefficient (Wildman–Crippen LogP) is 2.22. The highest BCUT2D eigenvalue weighted by Gasteiger charge is 2.07. The zero-order valence-corrected chi connectivity index (χ0v) is 12.9. The first-order valence-electron chi connectivity index (χ1n) is 6.59. The number of benzene rings is 1. The molecule has 0 spiro atoms. The molecule has 2 N–H and O–H groups in total. The van der Waals surface area contributed by atoms with Crippen LogP contribution in [0.15, 0.2) is 36.7 Å². The van der Waals surface area contributed by atoms with Gasteiger partial charge >= 0.3 is 0 Å². The number of rotatable bonds is 8. The number of hydrogen-bond donors (Lipinski definition) is 2. The Hall–Kier alpha value is -1.27. The summed E-state index contributed by atoms with van der Waals surface area (Å²) in [4.78, 5) is 0. The zero-order valence-electron chi connectivity index (χ0n) is 11.4. The number of aromatic nitrogens is 2. The van der Waals surface area contributed by atoms with Crippen LogP contribution in [0.4, 0.5) is 0 Å². The standard InChI is InChI=1S/C14H17Cl2N3O2/c15-11-2-3-13(16)14(8-11)21-10-12(20)9-17-5-7-19-6-1-4-18-19/h1-4,6,8,12,17,20H,5,7,9-10H2/t12-/m1/s1. The van der Waals surface area contributed by atoms with E-state index in [-0.39, 0.29) is 6.61 Å². The fraction of sp³-hybridized carbons (Fsp3) is 0.357. The van der Waals surface area contributed by atoms with E-state index < -0.39 is 6.10 Å². The Bertz CT molecular complexity index is 549. The predicted molar refractivity (Wildman–Crippen MR) is 83.1 cm³/mol. The van der Waals surface area contributed by atoms with Crippen LogP contribution >= 0.6 is 23.2 Å². The van der Waals surface area contributed by atoms with Crippen LogP contribution in [0.2, 0.25) is 10.0 Å². The topological polar surface area (TPSA) is 59.3 Å². The maximum absolute atomic E-state index is 9.84. The minimum absolute atomic E-state index is 0.148. The van der Waals surface area contributed by atoms with Crippen molar-refractivity contribution in [2.75, 3.05) is 19.7 Å². The van der Waals surface area contributed by atoms with Crippen molar-refractivity contribution in [3.8, 4) is 5.75 Å². The van der Waals surface area contributed by atoms with Crippen molar-refractivity contribution in [1.29, 1.82) is 0 Å². The van der Waals surface area contributed by atoms with Crippen LogP contribution in [-0.4, -0.2) is 40.7 Å². The number of halogens is 2. The third-order valence-electron chi connectivity index (χ3n) is 2.78. The van der Waals surface area contributed by atoms with Crippen LogP contribution in [0.5, 0.6) is 5.75 Å². The van der Waals surface area contributed by atoms with Crippen LogP contribution in [-0.2, 0) is 6.54 Å². The summed E-state index contributed by atoms with van der Waals surface area (Å²) >= 11 is 11.8. The van der Waals surface area contributed by atoms with E-state index in [0.29, 0.717) is 22.3 Å². The second kappa shape index (κ2) is 8.24. The first kappa shape index (κ1) is 16.1. The highest BCUT2D eigenvalue weighted by molar-refractivity contribution is 6.34. The van der Waals surface area contributed by atoms with Gasteiger partial charge in [0.2, 0.25) is 0 Å². The Morgan fingerprint density at radius 3 is 3.00 bits per heavy atom. The van der Waals surface area contributed by atoms with Crippen molar-refractivity contribution in [1.82, 2.24) is 15.1 Å². The molecular formula is C14H17Cl2N3O2. The van der Waals surface area contributed by atoms with E-state index in [1.165, 1.54) is 0 Å². The molecule has 114 valence electrons. The molecule has 2 rings (SSSR count). The third-order valence-corrected chi connectivity index (χ3v) is 3.33. The maximum atomic E-state index is 9.84. The van der Waals surface area contributed by atoms with Gasteiger partial charge in [-0.15, -0.1) is 0 Å². The van der Waals surface area contributed by atoms with Crippen molar-refractivity contribution in [3.63, 3.8) is 0 Å². The summed E-state index contributed by atoms with van der Waals surface area (Å²) < 4.78 is 7.28. The van der Waals surface area contributed by atoms with Crippen LogP contribution in [0.25, 0.3) is 0 Å². The van der Waals surface area contributed by atoms with Gasteiger partial charge in [0.15, 0.2) is 0 Å². The van der Waals surface area contributed by atoms with Gasteiger partial charge < -0.3 is 15.2 Å². The lowest BCUT2D eigenvalue weighted by atomic mass is 10.3. The van der Waals surface area contributed by atoms with Gasteiger partial charge in [-0.3, -0.25) is 4.68 Å². The van der Waals surface area contributed by atoms with Gasteiger partial charge in [-0.25, -0.2) is 0 Å². The van der Waals surface area contributed by atoms with Crippen LogP contribution in [0.3, 0.4) is 0 Å². The molecule has 5 nitrogen and oxygen atoms in total. The monoisotopic (exact) mass is 329 g/mol. The van der Waals surface area contributed by atoms with Crippen molar-refractivity contribution in [2.45, 2.75) is 12.6 Å². The molecule has 7 heteroatoms. The first-order valence-corrected chi connectivity index (χ1v) is 7.35. The average Bonchev–Trinajstić information content (AvgIpc) is 2.98. The van der Waals surface area contributed by atoms with Crippen LogP contribution < -0.4 is 10.1 Å². The SMILES string of the molecule is O[C@H](CNCCn1cccn1)COc1cc(Cl)ccc1Cl. The van der Waals surface area contributed by atoms with E-state index in [9.17, 15) is 5.11 Å². The summed E-state index contributed by atoms with van der Waals surface area (Å²) in [6.45, 7) is 2.05. The molecule has 0 amide bonds. The molecule has 0 unspecified atom stereocenters. The van der Waals surface area contributed by atoms with Crippen molar-refractivity contribution < 1.29 is 9.84 Å². The van der Waals surface area contributed by atoms with Crippen LogP contribution in [0.1, 0.15) is 0 Å². The lowest BCUT2D eigenvalue weighted by Gasteiger charge is -2.14. The molecule has 0 bridgehead atoms. The summed E-state index contributed by atoms with van der Waals surface area (Å²) in [5.74, 6) is 0.472. The molecule has 0 fully saturated rings. The quantitative estimate of drug-likeness (QED) is 0.729. The van der Waals surface area contributed by atoms with E-state index in [0.717, 1.165) is 13.1 Å². The number of aliphatic hydroxyl groups excluding tert-OH is 1. The van der Waals surface area contributed by atoms with Crippen LogP contribution in [0, 0.1) is 0 Å². The molecule has 1 aromatic heterocycles. The average molecular weight is 330 g/mol. The Labute approximate surface area is 133 Å². The Morgan fingerprint density at radius 1 is 1.38 bits per heavy atom. The highest BCUT2D eigenvalue weighted by atomic mass is 35.5. The first-order chi connectivity index (χ1) is 10.1. The van der Waals surface area contributed by atoms with E-state index >= 15 is 0 Å². The van der Waals surface area contributed by atoms with Gasteiger partial charge in [0.25, 0.3) is 0 Å². The second-order valence-corrected chi connectivity index (χ2v) is 5.36. The molecule has 2 aromatic rings. The van der Waals surface area contributed by atoms with Gasteiger partial charge in [0.1, 0.15) is 18.5 Å². The molecule has 21 heavy (non-hydrogen) atoms. The van der Waals surface area contributed by atoms with Gasteiger partial charge in [-0.1, -0.05) is 23.2 Å². The van der Waals surface area contributed by atoms with E-state index in [2.05, 4.69) is 10.4 Å². The zero-order chi connectivity index (χ0) is 15.1. The minimum atomic E-state index is -0.627. The number of hydrogen-bond acceptors (Lipinski definition) is 4. The van der Waals surface area contributed by atoms with E-state index in [1.807, 2.05) is 16.9 Å². The molecule has 0 saturated heterocycles. The molecule has 1 heterocycles. The van der Waals surface area contributed by atoms with Crippen molar-refractivity contribution in [3.05, 3.63) is 46.7 Å². The molecule has 1 aromatic carbocycles. The number of aliphatic hydroxyl groups is 1. The smallest absolute Gasteiger partial charge is 0.139 e. The van der Waals surface area contributed by atoms with Gasteiger partial charge in [0, 0.05) is 36.6 Å². The summed E-state index contributed by atoms with van der Waals surface area (Å²) in [7, 11) is 0. The minimum Gasteiger partial charge on any atom is -0.489 e. The van der Waals surface area contributed by atoms with E-state index in [4.69, 9.17) is 27.9 Å². The molecule has 1 atom stereocenters. The largest absolute Gasteiger partial charge is 0.489 e. The highest BCUT2D eigenvalue weighted by Crippen LogP contribution is 2.27. The fourth-order valence-electron chi connectivity index (χ4n) is 1.73. The van der Waals surface area contributed by atoms with Gasteiger partial charge in [-0.05, 0) is 18.2 Å². The Balaban J connectivity index is 1.65. The van der Waals surface area contributed by atoms with Crippen molar-refractivity contribution in [2.24, 2.45) is 0 Å². The number of nitrogens with zero attached hydrogens (tertiary/aromatic N) is 2. The summed E-state index contributed by atoms with van der Waals surface area (Å²) in [5.41, 5.74) is 0. The van der Waals surface area contributed by atoms with E-state index in [1.54, 1.807) is 24.4 Å². The lowest BCUT2D eigenvalue weighted by molar-refractivity contribution is 0.106. The molecule has 0 saturated carbocycles. The molecular weight excluding hydrogens is 313 g/mol. The summed E-state index contributed by atoms with van der Waals surface area (Å²) in [5, 5.41) is 18.1. The molecule has 0 aliphatic rings. The number of ether oxygens (including phenoxy) is 1. The Morgan fingerprint density at radius 2 is 2.24 bits per heavy atom. The fourth-order valence-corrected chi connectivity index (χ4v) is 2.06. The maximum Gasteiger partial charge on any atom is 0.139 e. The number of nitrogens with one attached hydrogen (secondary N) is 1. The second-order valence-electron chi connectivity index (χ2n) is 4.51. The summed E-state index contributed by atoms with van der Waals surface area (Å²) in [6.07, 6.45) is 3.00. The van der Waals surface area contributed by atoms with Gasteiger partial charge in [0.05, 0.1) is 11.6 Å². The lowest BCUT2D eigenvalue weighted by Crippen LogP contribution is -2.33. The third kappa shape index (κ3) is 5.55. The van der Waals surface area contributed by atoms with Gasteiger partial charge in [-0.2, -0.15) is 5.10 Å². The molecule has 0 aliphatic carbocycles. The van der Waals surface area contributed by atoms with Crippen molar-refractivity contribution >= 4 is 23.2 Å². The molecule has 0 radical (unpaired) electrons. The Kier molecular flexibility index (Phi) is 6.32.